The molecule has 26 heavy (non-hydrogen) atoms. The normalized spacial score (nSPS) is 14.4. The number of amides is 1. The van der Waals surface area contributed by atoms with E-state index in [9.17, 15) is 4.79 Å². The van der Waals surface area contributed by atoms with Crippen LogP contribution in [0.2, 0.25) is 0 Å². The lowest BCUT2D eigenvalue weighted by atomic mass is 10.1. The van der Waals surface area contributed by atoms with Gasteiger partial charge in [-0.05, 0) is 25.0 Å². The number of hydrogen-bond donors (Lipinski definition) is 1. The summed E-state index contributed by atoms with van der Waals surface area (Å²) in [5.74, 6) is 2.88. The SMILES string of the molecule is COc1ccc(OC)c(NC(=O)CSc2nnc(C3CCCC3)n2C)c1. The summed E-state index contributed by atoms with van der Waals surface area (Å²) in [4.78, 5) is 12.3. The second kappa shape index (κ2) is 8.44. The molecule has 2 aromatic rings. The predicted molar refractivity (Wildman–Crippen MR) is 101 cm³/mol. The number of rotatable bonds is 7. The number of ether oxygens (including phenoxy) is 2. The molecule has 140 valence electrons. The number of methoxy groups -OCH3 is 2. The van der Waals surface area contributed by atoms with Crippen LogP contribution in [-0.4, -0.2) is 40.6 Å². The Morgan fingerprint density at radius 3 is 2.73 bits per heavy atom. The van der Waals surface area contributed by atoms with Crippen molar-refractivity contribution < 1.29 is 14.3 Å². The summed E-state index contributed by atoms with van der Waals surface area (Å²) in [6.45, 7) is 0. The molecule has 0 unspecified atom stereocenters. The largest absolute Gasteiger partial charge is 0.497 e. The predicted octanol–water partition coefficient (Wildman–Crippen LogP) is 3.22. The third-order valence-corrected chi connectivity index (χ3v) is 5.62. The molecule has 1 fully saturated rings. The van der Waals surface area contributed by atoms with Crippen LogP contribution in [0, 0.1) is 0 Å². The van der Waals surface area contributed by atoms with E-state index in [1.54, 1.807) is 32.4 Å². The maximum absolute atomic E-state index is 12.3. The molecule has 0 bridgehead atoms. The van der Waals surface area contributed by atoms with Gasteiger partial charge in [0.15, 0.2) is 5.16 Å². The van der Waals surface area contributed by atoms with Gasteiger partial charge in [-0.3, -0.25) is 4.79 Å². The zero-order valence-electron chi connectivity index (χ0n) is 15.3. The smallest absolute Gasteiger partial charge is 0.234 e. The molecule has 7 nitrogen and oxygen atoms in total. The number of carbonyl (C=O) groups is 1. The second-order valence-electron chi connectivity index (χ2n) is 6.28. The zero-order valence-corrected chi connectivity index (χ0v) is 16.1. The van der Waals surface area contributed by atoms with E-state index in [0.29, 0.717) is 23.1 Å². The number of aromatic nitrogens is 3. The molecule has 0 saturated heterocycles. The monoisotopic (exact) mass is 376 g/mol. The molecule has 1 saturated carbocycles. The van der Waals surface area contributed by atoms with Crippen molar-refractivity contribution in [2.24, 2.45) is 7.05 Å². The minimum atomic E-state index is -0.132. The average molecular weight is 376 g/mol. The quantitative estimate of drug-likeness (QED) is 0.748. The molecule has 1 aliphatic carbocycles. The molecule has 0 atom stereocenters. The van der Waals surface area contributed by atoms with Crippen LogP contribution in [0.25, 0.3) is 0 Å². The summed E-state index contributed by atoms with van der Waals surface area (Å²) in [5.41, 5.74) is 0.585. The number of nitrogens with zero attached hydrogens (tertiary/aromatic N) is 3. The van der Waals surface area contributed by atoms with Crippen LogP contribution in [0.15, 0.2) is 23.4 Å². The van der Waals surface area contributed by atoms with E-state index in [1.165, 1.54) is 37.4 Å². The minimum absolute atomic E-state index is 0.132. The first kappa shape index (κ1) is 18.6. The Balaban J connectivity index is 1.61. The first-order chi connectivity index (χ1) is 12.6. The highest BCUT2D eigenvalue weighted by atomic mass is 32.2. The van der Waals surface area contributed by atoms with Crippen LogP contribution in [0.5, 0.6) is 11.5 Å². The van der Waals surface area contributed by atoms with Gasteiger partial charge in [0.05, 0.1) is 25.7 Å². The molecule has 0 spiro atoms. The van der Waals surface area contributed by atoms with Crippen molar-refractivity contribution in [2.75, 3.05) is 25.3 Å². The summed E-state index contributed by atoms with van der Waals surface area (Å²) in [5, 5.41) is 12.2. The first-order valence-electron chi connectivity index (χ1n) is 8.66. The van der Waals surface area contributed by atoms with Crippen LogP contribution in [0.4, 0.5) is 5.69 Å². The van der Waals surface area contributed by atoms with Gasteiger partial charge in [0.1, 0.15) is 17.3 Å². The fraction of sp³-hybridized carbons (Fsp3) is 0.500. The lowest BCUT2D eigenvalue weighted by molar-refractivity contribution is -0.113. The van der Waals surface area contributed by atoms with Crippen molar-refractivity contribution in [1.29, 1.82) is 0 Å². The lowest BCUT2D eigenvalue weighted by Crippen LogP contribution is -2.15. The van der Waals surface area contributed by atoms with Crippen LogP contribution >= 0.6 is 11.8 Å². The topological polar surface area (TPSA) is 78.3 Å². The van der Waals surface area contributed by atoms with Gasteiger partial charge in [-0.15, -0.1) is 10.2 Å². The van der Waals surface area contributed by atoms with Crippen molar-refractivity contribution in [3.63, 3.8) is 0 Å². The maximum Gasteiger partial charge on any atom is 0.234 e. The number of anilines is 1. The summed E-state index contributed by atoms with van der Waals surface area (Å²) in [7, 11) is 5.12. The summed E-state index contributed by atoms with van der Waals surface area (Å²) >= 11 is 1.38. The molecule has 8 heteroatoms. The van der Waals surface area contributed by atoms with Gasteiger partial charge < -0.3 is 19.4 Å². The fourth-order valence-corrected chi connectivity index (χ4v) is 3.94. The number of benzene rings is 1. The Bertz CT molecular complexity index is 772. The second-order valence-corrected chi connectivity index (χ2v) is 7.23. The highest BCUT2D eigenvalue weighted by Gasteiger charge is 2.23. The van der Waals surface area contributed by atoms with Gasteiger partial charge in [0.2, 0.25) is 5.91 Å². The Morgan fingerprint density at radius 2 is 2.04 bits per heavy atom. The molecule has 1 aromatic heterocycles. The Labute approximate surface area is 157 Å². The standard InChI is InChI=1S/C18H24N4O3S/c1-22-17(12-6-4-5-7-12)20-21-18(22)26-11-16(23)19-14-10-13(24-2)8-9-15(14)25-3/h8-10,12H,4-7,11H2,1-3H3,(H,19,23). The van der Waals surface area contributed by atoms with Gasteiger partial charge in [0.25, 0.3) is 0 Å². The third-order valence-electron chi connectivity index (χ3n) is 4.60. The molecule has 3 rings (SSSR count). The number of hydrogen-bond acceptors (Lipinski definition) is 6. The zero-order chi connectivity index (χ0) is 18.5. The van der Waals surface area contributed by atoms with Gasteiger partial charge in [0, 0.05) is 19.0 Å². The molecule has 1 aliphatic rings. The average Bonchev–Trinajstić information content (AvgIpc) is 3.29. The van der Waals surface area contributed by atoms with Crippen molar-refractivity contribution in [3.05, 3.63) is 24.0 Å². The van der Waals surface area contributed by atoms with Crippen molar-refractivity contribution in [3.8, 4) is 11.5 Å². The fourth-order valence-electron chi connectivity index (χ4n) is 3.22. The minimum Gasteiger partial charge on any atom is -0.497 e. The number of carbonyl (C=O) groups excluding carboxylic acids is 1. The molecule has 1 heterocycles. The summed E-state index contributed by atoms with van der Waals surface area (Å²) in [6.07, 6.45) is 4.86. The molecular weight excluding hydrogens is 352 g/mol. The highest BCUT2D eigenvalue weighted by Crippen LogP contribution is 2.34. The maximum atomic E-state index is 12.3. The Hall–Kier alpha value is -2.22. The van der Waals surface area contributed by atoms with E-state index in [1.807, 2.05) is 11.6 Å². The Morgan fingerprint density at radius 1 is 1.27 bits per heavy atom. The summed E-state index contributed by atoms with van der Waals surface area (Å²) < 4.78 is 12.5. The summed E-state index contributed by atoms with van der Waals surface area (Å²) in [6, 6.07) is 5.29. The molecule has 1 amide bonds. The van der Waals surface area contributed by atoms with Gasteiger partial charge >= 0.3 is 0 Å². The van der Waals surface area contributed by atoms with E-state index in [4.69, 9.17) is 9.47 Å². The van der Waals surface area contributed by atoms with Crippen molar-refractivity contribution in [2.45, 2.75) is 36.8 Å². The van der Waals surface area contributed by atoms with E-state index in [0.717, 1.165) is 11.0 Å². The lowest BCUT2D eigenvalue weighted by Gasteiger charge is -2.12. The Kier molecular flexibility index (Phi) is 6.03. The van der Waals surface area contributed by atoms with Crippen LogP contribution < -0.4 is 14.8 Å². The van der Waals surface area contributed by atoms with Crippen molar-refractivity contribution in [1.82, 2.24) is 14.8 Å². The van der Waals surface area contributed by atoms with Gasteiger partial charge in [-0.1, -0.05) is 24.6 Å². The highest BCUT2D eigenvalue weighted by molar-refractivity contribution is 7.99. The van der Waals surface area contributed by atoms with E-state index < -0.39 is 0 Å². The van der Waals surface area contributed by atoms with E-state index in [2.05, 4.69) is 15.5 Å². The number of nitrogens with one attached hydrogen (secondary N) is 1. The number of thioether (sulfide) groups is 1. The molecule has 1 N–H and O–H groups in total. The molecule has 0 aliphatic heterocycles. The third kappa shape index (κ3) is 4.12. The first-order valence-corrected chi connectivity index (χ1v) is 9.65. The van der Waals surface area contributed by atoms with Gasteiger partial charge in [-0.25, -0.2) is 0 Å². The molecule has 0 radical (unpaired) electrons. The van der Waals surface area contributed by atoms with Crippen LogP contribution in [0.1, 0.15) is 37.4 Å². The molecule has 1 aromatic carbocycles. The van der Waals surface area contributed by atoms with Crippen LogP contribution in [0.3, 0.4) is 0 Å². The van der Waals surface area contributed by atoms with Gasteiger partial charge in [-0.2, -0.15) is 0 Å². The van der Waals surface area contributed by atoms with E-state index in [-0.39, 0.29) is 11.7 Å². The van der Waals surface area contributed by atoms with Crippen molar-refractivity contribution >= 4 is 23.4 Å². The van der Waals surface area contributed by atoms with Crippen LogP contribution in [-0.2, 0) is 11.8 Å². The molecular formula is C18H24N4O3S. The van der Waals surface area contributed by atoms with E-state index >= 15 is 0 Å².